The number of carbonyl (C=O) groups excluding carboxylic acids is 1. The highest BCUT2D eigenvalue weighted by Crippen LogP contribution is 2.30. The minimum atomic E-state index is -1.73. The van der Waals surface area contributed by atoms with E-state index in [2.05, 4.69) is 5.32 Å². The molecule has 1 aromatic rings. The van der Waals surface area contributed by atoms with E-state index in [1.807, 2.05) is 30.3 Å². The van der Waals surface area contributed by atoms with Crippen LogP contribution in [0, 0.1) is 0 Å². The highest BCUT2D eigenvalue weighted by atomic mass is 16.7. The number of hydrogen-bond donors (Lipinski definition) is 7. The molecule has 0 spiro atoms. The smallest absolute Gasteiger partial charge is 0.217 e. The van der Waals surface area contributed by atoms with Gasteiger partial charge in [-0.3, -0.25) is 4.79 Å². The second kappa shape index (κ2) is 11.6. The number of aliphatic hydroxyl groups is 6. The molecule has 7 N–H and O–H groups in total. The van der Waals surface area contributed by atoms with Gasteiger partial charge in [0.25, 0.3) is 0 Å². The molecule has 10 atom stereocenters. The highest BCUT2D eigenvalue weighted by Gasteiger charge is 2.51. The summed E-state index contributed by atoms with van der Waals surface area (Å²) in [6.07, 6.45) is -13.0. The Bertz CT molecular complexity index is 751. The molecule has 2 saturated heterocycles. The van der Waals surface area contributed by atoms with E-state index in [-0.39, 0.29) is 6.61 Å². The van der Waals surface area contributed by atoms with Gasteiger partial charge in [0.1, 0.15) is 48.8 Å². The highest BCUT2D eigenvalue weighted by molar-refractivity contribution is 5.73. The lowest BCUT2D eigenvalue weighted by Gasteiger charge is -2.47. The number of ether oxygens (including phenoxy) is 4. The molecule has 12 heteroatoms. The number of nitrogens with one attached hydrogen (secondary N) is 1. The zero-order chi connectivity index (χ0) is 24.1. The van der Waals surface area contributed by atoms with E-state index in [4.69, 9.17) is 18.9 Å². The molecular weight excluding hydrogens is 442 g/mol. The second-order valence-corrected chi connectivity index (χ2v) is 8.04. The van der Waals surface area contributed by atoms with Crippen LogP contribution in [-0.2, 0) is 30.3 Å². The number of hydrogen-bond acceptors (Lipinski definition) is 11. The number of carbonyl (C=O) groups is 1. The summed E-state index contributed by atoms with van der Waals surface area (Å²) in [7, 11) is 0. The van der Waals surface area contributed by atoms with Crippen LogP contribution in [0.5, 0.6) is 0 Å². The third-order valence-electron chi connectivity index (χ3n) is 5.62. The fraction of sp³-hybridized carbons (Fsp3) is 0.667. The molecule has 33 heavy (non-hydrogen) atoms. The van der Waals surface area contributed by atoms with Crippen LogP contribution in [0.15, 0.2) is 30.3 Å². The van der Waals surface area contributed by atoms with Gasteiger partial charge in [0.2, 0.25) is 5.91 Å². The summed E-state index contributed by atoms with van der Waals surface area (Å²) < 4.78 is 22.6. The predicted molar refractivity (Wildman–Crippen MR) is 109 cm³/mol. The molecule has 186 valence electrons. The Hall–Kier alpha value is -1.71. The maximum absolute atomic E-state index is 11.9. The van der Waals surface area contributed by atoms with Crippen molar-refractivity contribution in [3.63, 3.8) is 0 Å². The normalized spacial score (nSPS) is 39.2. The van der Waals surface area contributed by atoms with Crippen molar-refractivity contribution < 1.29 is 54.4 Å². The molecule has 0 bridgehead atoms. The molecule has 0 unspecified atom stereocenters. The molecule has 12 nitrogen and oxygen atoms in total. The quantitative estimate of drug-likeness (QED) is 0.203. The lowest BCUT2D eigenvalue weighted by atomic mass is 9.95. The van der Waals surface area contributed by atoms with Crippen molar-refractivity contribution in [2.45, 2.75) is 74.9 Å². The standard InChI is InChI=1S/C21H31NO11/c1-10(25)22-14-19(33-21-18(29)17(28)15(26)12(7-23)32-21)16(27)13(8-24)31-20(14)30-9-11-5-3-2-4-6-11/h2-6,12-21,23-24,26-29H,7-9H2,1H3,(H,22,25)/t12-,13-,14-,15-,16-,17+,18-,19-,20-,21+/m0/s1. The van der Waals surface area contributed by atoms with E-state index >= 15 is 0 Å². The SMILES string of the molecule is CC(=O)N[C@@H]1[C@@H](OCc2ccccc2)O[C@@H](CO)[C@H](O)[C@H]1O[C@H]1O[C@@H](CO)[C@H](O)[C@@H](O)[C@@H]1O. The Morgan fingerprint density at radius 1 is 0.909 bits per heavy atom. The summed E-state index contributed by atoms with van der Waals surface area (Å²) >= 11 is 0. The Morgan fingerprint density at radius 2 is 1.52 bits per heavy atom. The van der Waals surface area contributed by atoms with Crippen LogP contribution in [0.1, 0.15) is 12.5 Å². The van der Waals surface area contributed by atoms with Gasteiger partial charge < -0.3 is 54.9 Å². The van der Waals surface area contributed by atoms with Crippen LogP contribution in [0.3, 0.4) is 0 Å². The molecule has 2 heterocycles. The molecule has 0 aromatic heterocycles. The van der Waals surface area contributed by atoms with E-state index in [0.29, 0.717) is 0 Å². The fourth-order valence-electron chi connectivity index (χ4n) is 3.85. The second-order valence-electron chi connectivity index (χ2n) is 8.04. The van der Waals surface area contributed by atoms with Crippen molar-refractivity contribution in [3.8, 4) is 0 Å². The summed E-state index contributed by atoms with van der Waals surface area (Å²) in [6.45, 7) is 0.0539. The number of aliphatic hydroxyl groups excluding tert-OH is 6. The first kappa shape index (κ1) is 25.9. The number of benzene rings is 1. The maximum atomic E-state index is 11.9. The van der Waals surface area contributed by atoms with E-state index in [1.54, 1.807) is 0 Å². The van der Waals surface area contributed by atoms with E-state index in [0.717, 1.165) is 5.56 Å². The Morgan fingerprint density at radius 3 is 2.12 bits per heavy atom. The van der Waals surface area contributed by atoms with Crippen molar-refractivity contribution in [1.29, 1.82) is 0 Å². The first-order valence-electron chi connectivity index (χ1n) is 10.6. The summed E-state index contributed by atoms with van der Waals surface area (Å²) in [5.41, 5.74) is 0.806. The topological polar surface area (TPSA) is 187 Å². The Labute approximate surface area is 190 Å². The molecule has 2 fully saturated rings. The summed E-state index contributed by atoms with van der Waals surface area (Å²) in [6, 6.07) is 8.00. The summed E-state index contributed by atoms with van der Waals surface area (Å²) in [5, 5.41) is 62.8. The molecular formula is C21H31NO11. The van der Waals surface area contributed by atoms with Crippen LogP contribution in [0.4, 0.5) is 0 Å². The van der Waals surface area contributed by atoms with Gasteiger partial charge in [-0.05, 0) is 5.56 Å². The Balaban J connectivity index is 1.82. The zero-order valence-electron chi connectivity index (χ0n) is 18.0. The molecule has 0 aliphatic carbocycles. The third kappa shape index (κ3) is 6.05. The molecule has 0 saturated carbocycles. The molecule has 2 aliphatic rings. The van der Waals surface area contributed by atoms with Crippen molar-refractivity contribution in [1.82, 2.24) is 5.32 Å². The van der Waals surface area contributed by atoms with E-state index in [1.165, 1.54) is 6.92 Å². The largest absolute Gasteiger partial charge is 0.394 e. The van der Waals surface area contributed by atoms with Gasteiger partial charge in [-0.25, -0.2) is 0 Å². The molecule has 1 amide bonds. The van der Waals surface area contributed by atoms with Gasteiger partial charge in [-0.15, -0.1) is 0 Å². The van der Waals surface area contributed by atoms with Crippen molar-refractivity contribution in [2.24, 2.45) is 0 Å². The van der Waals surface area contributed by atoms with Gasteiger partial charge >= 0.3 is 0 Å². The summed E-state index contributed by atoms with van der Waals surface area (Å²) in [5.74, 6) is -0.492. The van der Waals surface area contributed by atoms with E-state index in [9.17, 15) is 35.4 Å². The third-order valence-corrected chi connectivity index (χ3v) is 5.62. The minimum Gasteiger partial charge on any atom is -0.394 e. The van der Waals surface area contributed by atoms with Gasteiger partial charge in [0.05, 0.1) is 19.8 Å². The summed E-state index contributed by atoms with van der Waals surface area (Å²) in [4.78, 5) is 11.9. The molecule has 0 radical (unpaired) electrons. The van der Waals surface area contributed by atoms with Crippen molar-refractivity contribution in [2.75, 3.05) is 13.2 Å². The van der Waals surface area contributed by atoms with Crippen LogP contribution >= 0.6 is 0 Å². The maximum Gasteiger partial charge on any atom is 0.217 e. The molecule has 2 aliphatic heterocycles. The van der Waals surface area contributed by atoms with Crippen LogP contribution in [0.25, 0.3) is 0 Å². The van der Waals surface area contributed by atoms with Gasteiger partial charge in [0, 0.05) is 6.92 Å². The molecule has 3 rings (SSSR count). The van der Waals surface area contributed by atoms with Crippen LogP contribution in [0.2, 0.25) is 0 Å². The zero-order valence-corrected chi connectivity index (χ0v) is 18.0. The number of rotatable bonds is 8. The monoisotopic (exact) mass is 473 g/mol. The average molecular weight is 473 g/mol. The van der Waals surface area contributed by atoms with Crippen LogP contribution in [-0.4, -0.2) is 111 Å². The minimum absolute atomic E-state index is 0.0859. The molecule has 1 aromatic carbocycles. The van der Waals surface area contributed by atoms with Gasteiger partial charge in [-0.2, -0.15) is 0 Å². The van der Waals surface area contributed by atoms with E-state index < -0.39 is 80.5 Å². The number of amides is 1. The van der Waals surface area contributed by atoms with Crippen LogP contribution < -0.4 is 5.32 Å². The van der Waals surface area contributed by atoms with Crippen molar-refractivity contribution >= 4 is 5.91 Å². The lowest BCUT2D eigenvalue weighted by Crippen LogP contribution is -2.68. The Kier molecular flexibility index (Phi) is 9.12. The average Bonchev–Trinajstić information content (AvgIpc) is 2.81. The fourth-order valence-corrected chi connectivity index (χ4v) is 3.85. The van der Waals surface area contributed by atoms with Crippen molar-refractivity contribution in [3.05, 3.63) is 35.9 Å². The van der Waals surface area contributed by atoms with Gasteiger partial charge in [0.15, 0.2) is 12.6 Å². The first-order chi connectivity index (χ1) is 15.8. The van der Waals surface area contributed by atoms with Gasteiger partial charge in [-0.1, -0.05) is 30.3 Å². The predicted octanol–water partition coefficient (Wildman–Crippen LogP) is -3.03. The lowest BCUT2D eigenvalue weighted by molar-refractivity contribution is -0.345. The first-order valence-corrected chi connectivity index (χ1v) is 10.6.